The Kier molecular flexibility index (Phi) is 4.05. The summed E-state index contributed by atoms with van der Waals surface area (Å²) >= 11 is 0. The fourth-order valence-electron chi connectivity index (χ4n) is 3.77. The van der Waals surface area contributed by atoms with E-state index in [9.17, 15) is 4.39 Å². The molecule has 0 aliphatic heterocycles. The lowest BCUT2D eigenvalue weighted by atomic mass is 9.95. The molecule has 2 aromatic heterocycles. The number of nitrogen functional groups attached to an aromatic ring is 1. The van der Waals surface area contributed by atoms with Gasteiger partial charge in [0.05, 0.1) is 16.9 Å². The Bertz CT molecular complexity index is 1170. The second-order valence-corrected chi connectivity index (χ2v) is 7.33. The summed E-state index contributed by atoms with van der Waals surface area (Å²) in [6.07, 6.45) is 4.08. The van der Waals surface area contributed by atoms with E-state index in [0.717, 1.165) is 39.0 Å². The van der Waals surface area contributed by atoms with E-state index in [1.54, 1.807) is 6.20 Å². The van der Waals surface area contributed by atoms with Crippen LogP contribution in [0.25, 0.3) is 33.3 Å². The van der Waals surface area contributed by atoms with Gasteiger partial charge in [0.2, 0.25) is 0 Å². The van der Waals surface area contributed by atoms with Crippen LogP contribution in [-0.2, 0) is 6.67 Å². The summed E-state index contributed by atoms with van der Waals surface area (Å²) in [4.78, 5) is 9.07. The molecule has 0 atom stereocenters. The number of benzene rings is 2. The van der Waals surface area contributed by atoms with Crippen LogP contribution in [0.3, 0.4) is 0 Å². The maximum absolute atomic E-state index is 13.5. The van der Waals surface area contributed by atoms with Crippen molar-refractivity contribution in [2.24, 2.45) is 0 Å². The Morgan fingerprint density at radius 1 is 0.964 bits per heavy atom. The smallest absolute Gasteiger partial charge is 0.132 e. The van der Waals surface area contributed by atoms with E-state index in [1.807, 2.05) is 42.5 Å². The molecule has 0 amide bonds. The van der Waals surface area contributed by atoms with E-state index in [2.05, 4.69) is 23.2 Å². The number of rotatable bonds is 4. The number of hydrogen-bond donors (Lipinski definition) is 1. The van der Waals surface area contributed by atoms with E-state index in [0.29, 0.717) is 11.6 Å². The minimum Gasteiger partial charge on any atom is -0.398 e. The molecule has 4 heteroatoms. The summed E-state index contributed by atoms with van der Waals surface area (Å²) in [7, 11) is 0. The van der Waals surface area contributed by atoms with Crippen molar-refractivity contribution in [3.8, 4) is 22.4 Å². The third kappa shape index (κ3) is 2.91. The summed E-state index contributed by atoms with van der Waals surface area (Å²) in [5.74, 6) is 0.646. The number of nitrogens with two attached hydrogens (primary N) is 1. The lowest BCUT2D eigenvalue weighted by molar-refractivity contribution is 0.479. The Balaban J connectivity index is 1.77. The highest BCUT2D eigenvalue weighted by Gasteiger charge is 2.24. The van der Waals surface area contributed by atoms with Gasteiger partial charge in [0.1, 0.15) is 6.67 Å². The van der Waals surface area contributed by atoms with Crippen LogP contribution in [0.1, 0.15) is 30.0 Å². The summed E-state index contributed by atoms with van der Waals surface area (Å²) in [6, 6.07) is 20.1. The predicted molar refractivity (Wildman–Crippen MR) is 112 cm³/mol. The second kappa shape index (κ2) is 6.71. The summed E-state index contributed by atoms with van der Waals surface area (Å²) in [5.41, 5.74) is 13.3. The first-order valence-corrected chi connectivity index (χ1v) is 9.54. The van der Waals surface area contributed by atoms with Crippen LogP contribution < -0.4 is 5.73 Å². The molecular weight excluding hydrogens is 349 g/mol. The average Bonchev–Trinajstić information content (AvgIpc) is 3.58. The second-order valence-electron chi connectivity index (χ2n) is 7.33. The van der Waals surface area contributed by atoms with Crippen LogP contribution >= 0.6 is 0 Å². The van der Waals surface area contributed by atoms with Gasteiger partial charge in [-0.1, -0.05) is 42.5 Å². The number of alkyl halides is 1. The van der Waals surface area contributed by atoms with Gasteiger partial charge in [-0.2, -0.15) is 0 Å². The van der Waals surface area contributed by atoms with Crippen LogP contribution in [-0.4, -0.2) is 9.97 Å². The molecule has 2 heterocycles. The van der Waals surface area contributed by atoms with Crippen molar-refractivity contribution < 1.29 is 4.39 Å². The molecule has 0 bridgehead atoms. The Morgan fingerprint density at radius 3 is 2.50 bits per heavy atom. The third-order valence-corrected chi connectivity index (χ3v) is 5.42. The van der Waals surface area contributed by atoms with Gasteiger partial charge in [-0.15, -0.1) is 0 Å². The first-order chi connectivity index (χ1) is 13.7. The zero-order valence-corrected chi connectivity index (χ0v) is 15.4. The molecule has 1 aliphatic carbocycles. The normalized spacial score (nSPS) is 13.8. The number of aromatic nitrogens is 2. The largest absolute Gasteiger partial charge is 0.398 e. The van der Waals surface area contributed by atoms with Gasteiger partial charge in [-0.05, 0) is 48.1 Å². The maximum Gasteiger partial charge on any atom is 0.132 e. The zero-order valence-electron chi connectivity index (χ0n) is 15.4. The van der Waals surface area contributed by atoms with Gasteiger partial charge in [0, 0.05) is 28.4 Å². The predicted octanol–water partition coefficient (Wildman–Crippen LogP) is 5.89. The number of hydrogen-bond acceptors (Lipinski definition) is 3. The third-order valence-electron chi connectivity index (χ3n) is 5.42. The van der Waals surface area contributed by atoms with Crippen LogP contribution in [0.2, 0.25) is 0 Å². The molecule has 2 N–H and O–H groups in total. The van der Waals surface area contributed by atoms with E-state index in [1.165, 1.54) is 18.4 Å². The van der Waals surface area contributed by atoms with Crippen LogP contribution in [0, 0.1) is 0 Å². The van der Waals surface area contributed by atoms with Gasteiger partial charge in [-0.3, -0.25) is 4.98 Å². The number of halogens is 1. The topological polar surface area (TPSA) is 51.8 Å². The van der Waals surface area contributed by atoms with Crippen molar-refractivity contribution in [1.29, 1.82) is 0 Å². The van der Waals surface area contributed by atoms with Crippen molar-refractivity contribution >= 4 is 16.6 Å². The fourth-order valence-corrected chi connectivity index (χ4v) is 3.77. The summed E-state index contributed by atoms with van der Waals surface area (Å²) in [6.45, 7) is -0.620. The van der Waals surface area contributed by atoms with Crippen LogP contribution in [0.5, 0.6) is 0 Å². The molecule has 1 aliphatic rings. The SMILES string of the molecule is Nc1cc(C2CC2)ccc1-c1nc2ccnc(CF)c2cc1-c1ccccc1. The highest BCUT2D eigenvalue weighted by atomic mass is 19.1. The molecule has 3 nitrogen and oxygen atoms in total. The van der Waals surface area contributed by atoms with E-state index in [4.69, 9.17) is 10.7 Å². The summed E-state index contributed by atoms with van der Waals surface area (Å²) < 4.78 is 13.5. The van der Waals surface area contributed by atoms with Crippen molar-refractivity contribution in [3.63, 3.8) is 0 Å². The highest BCUT2D eigenvalue weighted by molar-refractivity contribution is 5.94. The molecular formula is C24H20FN3. The Labute approximate surface area is 163 Å². The standard InChI is InChI=1S/C24H20FN3/c25-14-23-20-13-19(16-4-2-1-3-5-16)24(28-22(20)10-11-27-23)18-9-8-17(12-21(18)26)15-6-7-15/h1-5,8-13,15H,6-7,14,26H2. The zero-order chi connectivity index (χ0) is 19.1. The van der Waals surface area contributed by atoms with Crippen LogP contribution in [0.4, 0.5) is 10.1 Å². The molecule has 138 valence electrons. The van der Waals surface area contributed by atoms with E-state index in [-0.39, 0.29) is 0 Å². The lowest BCUT2D eigenvalue weighted by Gasteiger charge is -2.15. The van der Waals surface area contributed by atoms with Crippen LogP contribution in [0.15, 0.2) is 66.9 Å². The minimum atomic E-state index is -0.620. The number of nitrogens with zero attached hydrogens (tertiary/aromatic N) is 2. The van der Waals surface area contributed by atoms with Crippen molar-refractivity contribution in [2.75, 3.05) is 5.73 Å². The minimum absolute atomic E-state index is 0.408. The van der Waals surface area contributed by atoms with Gasteiger partial charge < -0.3 is 5.73 Å². The number of fused-ring (bicyclic) bond motifs is 1. The van der Waals surface area contributed by atoms with Gasteiger partial charge >= 0.3 is 0 Å². The molecule has 5 rings (SSSR count). The van der Waals surface area contributed by atoms with Crippen molar-refractivity contribution in [3.05, 3.63) is 78.1 Å². The molecule has 1 fully saturated rings. The van der Waals surface area contributed by atoms with Gasteiger partial charge in [0.15, 0.2) is 0 Å². The maximum atomic E-state index is 13.5. The fraction of sp³-hybridized carbons (Fsp3) is 0.167. The quantitative estimate of drug-likeness (QED) is 0.456. The molecule has 4 aromatic rings. The molecule has 1 saturated carbocycles. The molecule has 0 radical (unpaired) electrons. The van der Waals surface area contributed by atoms with Gasteiger partial charge in [0.25, 0.3) is 0 Å². The van der Waals surface area contributed by atoms with E-state index >= 15 is 0 Å². The van der Waals surface area contributed by atoms with Gasteiger partial charge in [-0.25, -0.2) is 9.37 Å². The Morgan fingerprint density at radius 2 is 1.79 bits per heavy atom. The lowest BCUT2D eigenvalue weighted by Crippen LogP contribution is -1.98. The molecule has 0 spiro atoms. The average molecular weight is 369 g/mol. The number of anilines is 1. The Hall–Kier alpha value is -3.27. The first kappa shape index (κ1) is 16.9. The van der Waals surface area contributed by atoms with Crippen molar-refractivity contribution in [1.82, 2.24) is 9.97 Å². The molecule has 28 heavy (non-hydrogen) atoms. The molecule has 0 unspecified atom stereocenters. The first-order valence-electron chi connectivity index (χ1n) is 9.54. The number of pyridine rings is 2. The molecule has 0 saturated heterocycles. The monoisotopic (exact) mass is 369 g/mol. The van der Waals surface area contributed by atoms with Crippen molar-refractivity contribution in [2.45, 2.75) is 25.4 Å². The van der Waals surface area contributed by atoms with E-state index < -0.39 is 6.67 Å². The highest BCUT2D eigenvalue weighted by Crippen LogP contribution is 2.43. The molecule has 2 aromatic carbocycles. The summed E-state index contributed by atoms with van der Waals surface area (Å²) in [5, 5.41) is 0.737.